The molecule has 0 spiro atoms. The number of piperidine rings is 1. The lowest BCUT2D eigenvalue weighted by atomic mass is 9.96. The van der Waals surface area contributed by atoms with Gasteiger partial charge < -0.3 is 15.4 Å². The monoisotopic (exact) mass is 256 g/mol. The SMILES string of the molecule is COC(=O)CC1CCCCN1C(=O)[C@H](N)C(C)C. The van der Waals surface area contributed by atoms with Gasteiger partial charge in [0.1, 0.15) is 0 Å². The highest BCUT2D eigenvalue weighted by atomic mass is 16.5. The van der Waals surface area contributed by atoms with E-state index in [2.05, 4.69) is 4.74 Å². The first-order chi connectivity index (χ1) is 8.47. The average Bonchev–Trinajstić information content (AvgIpc) is 2.37. The standard InChI is InChI=1S/C13H24N2O3/c1-9(2)12(14)13(17)15-7-5-4-6-10(15)8-11(16)18-3/h9-10,12H,4-8,14H2,1-3H3/t10?,12-/m1/s1. The van der Waals surface area contributed by atoms with Gasteiger partial charge in [-0.2, -0.15) is 0 Å². The minimum Gasteiger partial charge on any atom is -0.469 e. The first-order valence-corrected chi connectivity index (χ1v) is 6.60. The van der Waals surface area contributed by atoms with E-state index in [9.17, 15) is 9.59 Å². The largest absolute Gasteiger partial charge is 0.469 e. The van der Waals surface area contributed by atoms with Gasteiger partial charge in [-0.3, -0.25) is 9.59 Å². The van der Waals surface area contributed by atoms with Gasteiger partial charge in [0, 0.05) is 12.6 Å². The van der Waals surface area contributed by atoms with Crippen molar-refractivity contribution >= 4 is 11.9 Å². The second-order valence-corrected chi connectivity index (χ2v) is 5.23. The third-order valence-electron chi connectivity index (χ3n) is 3.54. The maximum Gasteiger partial charge on any atom is 0.307 e. The summed E-state index contributed by atoms with van der Waals surface area (Å²) >= 11 is 0. The van der Waals surface area contributed by atoms with Gasteiger partial charge in [-0.05, 0) is 25.2 Å². The molecule has 1 unspecified atom stereocenters. The summed E-state index contributed by atoms with van der Waals surface area (Å²) < 4.78 is 4.68. The number of nitrogens with zero attached hydrogens (tertiary/aromatic N) is 1. The first-order valence-electron chi connectivity index (χ1n) is 6.60. The second-order valence-electron chi connectivity index (χ2n) is 5.23. The zero-order valence-corrected chi connectivity index (χ0v) is 11.5. The number of carbonyl (C=O) groups is 2. The Morgan fingerprint density at radius 1 is 1.39 bits per heavy atom. The van der Waals surface area contributed by atoms with Crippen LogP contribution >= 0.6 is 0 Å². The van der Waals surface area contributed by atoms with Gasteiger partial charge >= 0.3 is 5.97 Å². The predicted octanol–water partition coefficient (Wildman–Crippen LogP) is 0.914. The van der Waals surface area contributed by atoms with E-state index in [1.54, 1.807) is 4.90 Å². The van der Waals surface area contributed by atoms with Crippen LogP contribution in [0.4, 0.5) is 0 Å². The summed E-state index contributed by atoms with van der Waals surface area (Å²) in [6.45, 7) is 4.56. The van der Waals surface area contributed by atoms with Gasteiger partial charge in [0.25, 0.3) is 0 Å². The molecule has 2 N–H and O–H groups in total. The molecule has 0 saturated carbocycles. The van der Waals surface area contributed by atoms with Crippen LogP contribution in [-0.2, 0) is 14.3 Å². The number of hydrogen-bond acceptors (Lipinski definition) is 4. The molecule has 1 saturated heterocycles. The molecule has 1 rings (SSSR count). The van der Waals surface area contributed by atoms with Crippen molar-refractivity contribution < 1.29 is 14.3 Å². The zero-order chi connectivity index (χ0) is 13.7. The Hall–Kier alpha value is -1.10. The quantitative estimate of drug-likeness (QED) is 0.759. The highest BCUT2D eigenvalue weighted by Crippen LogP contribution is 2.21. The molecule has 18 heavy (non-hydrogen) atoms. The maximum absolute atomic E-state index is 12.3. The number of nitrogens with two attached hydrogens (primary N) is 1. The molecule has 1 fully saturated rings. The van der Waals surface area contributed by atoms with E-state index < -0.39 is 6.04 Å². The van der Waals surface area contributed by atoms with E-state index >= 15 is 0 Å². The van der Waals surface area contributed by atoms with Crippen LogP contribution in [0.5, 0.6) is 0 Å². The second kappa shape index (κ2) is 6.73. The van der Waals surface area contributed by atoms with E-state index in [1.165, 1.54) is 7.11 Å². The van der Waals surface area contributed by atoms with Gasteiger partial charge in [-0.15, -0.1) is 0 Å². The van der Waals surface area contributed by atoms with Crippen LogP contribution in [0.2, 0.25) is 0 Å². The molecule has 1 aliphatic rings. The van der Waals surface area contributed by atoms with Crippen molar-refractivity contribution in [1.82, 2.24) is 4.90 Å². The summed E-state index contributed by atoms with van der Waals surface area (Å²) in [6, 6.07) is -0.535. The molecule has 0 aromatic heterocycles. The zero-order valence-electron chi connectivity index (χ0n) is 11.5. The fourth-order valence-corrected chi connectivity index (χ4v) is 2.26. The third kappa shape index (κ3) is 3.70. The van der Waals surface area contributed by atoms with Gasteiger partial charge in [0.2, 0.25) is 5.91 Å². The Labute approximate surface area is 109 Å². The lowest BCUT2D eigenvalue weighted by Gasteiger charge is -2.37. The number of esters is 1. The Morgan fingerprint density at radius 2 is 2.06 bits per heavy atom. The van der Waals surface area contributed by atoms with E-state index in [4.69, 9.17) is 5.73 Å². The summed E-state index contributed by atoms with van der Waals surface area (Å²) in [5.74, 6) is -0.199. The van der Waals surface area contributed by atoms with Crippen molar-refractivity contribution in [2.75, 3.05) is 13.7 Å². The molecule has 0 aliphatic carbocycles. The number of rotatable bonds is 4. The fraction of sp³-hybridized carbons (Fsp3) is 0.846. The third-order valence-corrected chi connectivity index (χ3v) is 3.54. The van der Waals surface area contributed by atoms with Gasteiger partial charge in [0.15, 0.2) is 0 Å². The summed E-state index contributed by atoms with van der Waals surface area (Å²) in [5.41, 5.74) is 5.91. The predicted molar refractivity (Wildman–Crippen MR) is 68.8 cm³/mol. The smallest absolute Gasteiger partial charge is 0.307 e. The van der Waals surface area contributed by atoms with Crippen LogP contribution < -0.4 is 5.73 Å². The normalized spacial score (nSPS) is 21.8. The van der Waals surface area contributed by atoms with Gasteiger partial charge in [-0.25, -0.2) is 0 Å². The molecule has 0 aromatic carbocycles. The summed E-state index contributed by atoms with van der Waals surface area (Å²) in [5, 5.41) is 0. The Morgan fingerprint density at radius 3 is 2.61 bits per heavy atom. The van der Waals surface area contributed by atoms with Crippen LogP contribution in [0, 0.1) is 5.92 Å². The van der Waals surface area contributed by atoms with E-state index in [0.29, 0.717) is 6.54 Å². The molecular formula is C13H24N2O3. The molecular weight excluding hydrogens is 232 g/mol. The van der Waals surface area contributed by atoms with E-state index in [0.717, 1.165) is 19.3 Å². The lowest BCUT2D eigenvalue weighted by molar-refractivity contribution is -0.145. The summed E-state index contributed by atoms with van der Waals surface area (Å²) in [6.07, 6.45) is 3.15. The summed E-state index contributed by atoms with van der Waals surface area (Å²) in [4.78, 5) is 25.4. The van der Waals surface area contributed by atoms with Crippen LogP contribution in [0.3, 0.4) is 0 Å². The highest BCUT2D eigenvalue weighted by Gasteiger charge is 2.32. The molecule has 1 aliphatic heterocycles. The molecule has 5 heteroatoms. The van der Waals surface area contributed by atoms with Gasteiger partial charge in [0.05, 0.1) is 19.6 Å². The van der Waals surface area contributed by atoms with Crippen molar-refractivity contribution in [1.29, 1.82) is 0 Å². The lowest BCUT2D eigenvalue weighted by Crippen LogP contribution is -2.52. The number of ether oxygens (including phenoxy) is 1. The van der Waals surface area contributed by atoms with Crippen LogP contribution in [0.15, 0.2) is 0 Å². The van der Waals surface area contributed by atoms with Crippen LogP contribution in [-0.4, -0.2) is 42.5 Å². The minimum absolute atomic E-state index is 0.0430. The number of hydrogen-bond donors (Lipinski definition) is 1. The van der Waals surface area contributed by atoms with Crippen molar-refractivity contribution in [3.05, 3.63) is 0 Å². The molecule has 1 amide bonds. The number of amides is 1. The number of likely N-dealkylation sites (tertiary alicyclic amines) is 1. The number of carbonyl (C=O) groups excluding carboxylic acids is 2. The van der Waals surface area contributed by atoms with Crippen molar-refractivity contribution in [3.63, 3.8) is 0 Å². The van der Waals surface area contributed by atoms with E-state index in [-0.39, 0.29) is 30.3 Å². The van der Waals surface area contributed by atoms with Crippen LogP contribution in [0.25, 0.3) is 0 Å². The molecule has 0 aromatic rings. The Bertz CT molecular complexity index is 305. The molecule has 0 bridgehead atoms. The van der Waals surface area contributed by atoms with Crippen molar-refractivity contribution in [2.45, 2.75) is 51.6 Å². The van der Waals surface area contributed by atoms with Gasteiger partial charge in [-0.1, -0.05) is 13.8 Å². The van der Waals surface area contributed by atoms with E-state index in [1.807, 2.05) is 13.8 Å². The highest BCUT2D eigenvalue weighted by molar-refractivity contribution is 5.83. The molecule has 5 nitrogen and oxygen atoms in total. The maximum atomic E-state index is 12.3. The molecule has 2 atom stereocenters. The number of methoxy groups -OCH3 is 1. The average molecular weight is 256 g/mol. The Balaban J connectivity index is 2.69. The van der Waals surface area contributed by atoms with Crippen LogP contribution in [0.1, 0.15) is 39.5 Å². The Kier molecular flexibility index (Phi) is 5.59. The molecule has 104 valence electrons. The van der Waals surface area contributed by atoms with Crippen molar-refractivity contribution in [3.8, 4) is 0 Å². The molecule has 0 radical (unpaired) electrons. The topological polar surface area (TPSA) is 72.6 Å². The fourth-order valence-electron chi connectivity index (χ4n) is 2.26. The van der Waals surface area contributed by atoms with Crippen molar-refractivity contribution in [2.24, 2.45) is 11.7 Å². The first kappa shape index (κ1) is 15.0. The summed E-state index contributed by atoms with van der Waals surface area (Å²) in [7, 11) is 1.37. The minimum atomic E-state index is -0.483. The molecule has 1 heterocycles.